The number of rotatable bonds is 9. The molecular formula is C17H19F2N5O4S. The average Bonchev–Trinajstić information content (AvgIpc) is 3.46. The highest BCUT2D eigenvalue weighted by Gasteiger charge is 2.27. The molecule has 1 fully saturated rings. The fraction of sp³-hybridized carbons (Fsp3) is 0.412. The molecule has 2 amide bonds. The monoisotopic (exact) mass is 427 g/mol. The van der Waals surface area contributed by atoms with Gasteiger partial charge < -0.3 is 20.1 Å². The Bertz CT molecular complexity index is 958. The Morgan fingerprint density at radius 2 is 2.10 bits per heavy atom. The van der Waals surface area contributed by atoms with Crippen LogP contribution in [0.1, 0.15) is 35.1 Å². The van der Waals surface area contributed by atoms with E-state index in [1.54, 1.807) is 0 Å². The van der Waals surface area contributed by atoms with E-state index in [9.17, 15) is 18.4 Å². The number of alkyl halides is 2. The quantitative estimate of drug-likeness (QED) is 0.528. The molecule has 3 N–H and O–H groups in total. The molecule has 0 aliphatic heterocycles. The lowest BCUT2D eigenvalue weighted by atomic mass is 10.2. The zero-order valence-corrected chi connectivity index (χ0v) is 16.2. The van der Waals surface area contributed by atoms with Crippen LogP contribution in [-0.4, -0.2) is 46.8 Å². The van der Waals surface area contributed by atoms with Gasteiger partial charge in [0.25, 0.3) is 5.91 Å². The Balaban J connectivity index is 1.52. The number of nitrogens with one attached hydrogen (secondary N) is 3. The van der Waals surface area contributed by atoms with Gasteiger partial charge in [-0.05, 0) is 43.3 Å². The molecule has 12 heteroatoms. The van der Waals surface area contributed by atoms with Crippen LogP contribution in [0.25, 0.3) is 0 Å². The fourth-order valence-corrected chi connectivity index (χ4v) is 2.98. The Labute approximate surface area is 169 Å². The maximum atomic E-state index is 12.4. The molecule has 1 saturated carbocycles. The average molecular weight is 427 g/mol. The minimum absolute atomic E-state index is 0.0229. The lowest BCUT2D eigenvalue weighted by molar-refractivity contribution is -0.120. The summed E-state index contributed by atoms with van der Waals surface area (Å²) in [7, 11) is 1.26. The molecule has 1 aromatic heterocycles. The number of methoxy groups -OCH3 is 1. The molecular weight excluding hydrogens is 408 g/mol. The van der Waals surface area contributed by atoms with E-state index in [-0.39, 0.29) is 30.2 Å². The van der Waals surface area contributed by atoms with E-state index < -0.39 is 18.4 Å². The van der Waals surface area contributed by atoms with Gasteiger partial charge in [-0.1, -0.05) is 0 Å². The van der Waals surface area contributed by atoms with Crippen molar-refractivity contribution in [2.75, 3.05) is 13.7 Å². The van der Waals surface area contributed by atoms with Gasteiger partial charge in [0.05, 0.1) is 20.2 Å². The first-order chi connectivity index (χ1) is 13.9. The van der Waals surface area contributed by atoms with Crippen molar-refractivity contribution in [3.63, 3.8) is 0 Å². The molecule has 156 valence electrons. The molecule has 0 unspecified atom stereocenters. The molecule has 0 bridgehead atoms. The highest BCUT2D eigenvalue weighted by molar-refractivity contribution is 7.71. The standard InChI is InChI=1S/C17H19F2N5O4S/c1-27-12-6-9(2-5-11(12)28-16(18)19)15(26)21-8-14(25)20-7-13-22-23-17(29)24(13)10-3-4-10/h2,5-6,10,16H,3-4,7-8H2,1H3,(H,20,25)(H,21,26)(H,23,29). The largest absolute Gasteiger partial charge is 0.493 e. The van der Waals surface area contributed by atoms with Gasteiger partial charge in [0, 0.05) is 11.6 Å². The van der Waals surface area contributed by atoms with Gasteiger partial charge in [-0.3, -0.25) is 19.3 Å². The molecule has 0 radical (unpaired) electrons. The number of aromatic nitrogens is 3. The van der Waals surface area contributed by atoms with Crippen LogP contribution in [0, 0.1) is 4.77 Å². The molecule has 0 spiro atoms. The third-order valence-electron chi connectivity index (χ3n) is 4.18. The summed E-state index contributed by atoms with van der Waals surface area (Å²) in [4.78, 5) is 24.2. The highest BCUT2D eigenvalue weighted by Crippen LogP contribution is 2.35. The van der Waals surface area contributed by atoms with Gasteiger partial charge in [-0.2, -0.15) is 13.9 Å². The van der Waals surface area contributed by atoms with Crippen molar-refractivity contribution >= 4 is 24.0 Å². The predicted molar refractivity (Wildman–Crippen MR) is 99.5 cm³/mol. The topological polar surface area (TPSA) is 110 Å². The maximum Gasteiger partial charge on any atom is 0.387 e. The zero-order chi connectivity index (χ0) is 21.0. The summed E-state index contributed by atoms with van der Waals surface area (Å²) in [6.07, 6.45) is 2.05. The second-order valence-electron chi connectivity index (χ2n) is 6.25. The number of hydrogen-bond donors (Lipinski definition) is 3. The number of ether oxygens (including phenoxy) is 2. The van der Waals surface area contributed by atoms with Crippen LogP contribution < -0.4 is 20.1 Å². The minimum Gasteiger partial charge on any atom is -0.493 e. The van der Waals surface area contributed by atoms with E-state index in [0.717, 1.165) is 12.8 Å². The van der Waals surface area contributed by atoms with Crippen molar-refractivity contribution in [1.82, 2.24) is 25.4 Å². The number of nitrogens with zero attached hydrogens (tertiary/aromatic N) is 2. The molecule has 1 aliphatic carbocycles. The van der Waals surface area contributed by atoms with Gasteiger partial charge in [-0.15, -0.1) is 0 Å². The van der Waals surface area contributed by atoms with Crippen molar-refractivity contribution in [2.24, 2.45) is 0 Å². The molecule has 3 rings (SSSR count). The summed E-state index contributed by atoms with van der Waals surface area (Å²) >= 11 is 5.18. The summed E-state index contributed by atoms with van der Waals surface area (Å²) in [5.41, 5.74) is 0.130. The second-order valence-corrected chi connectivity index (χ2v) is 6.64. The van der Waals surface area contributed by atoms with E-state index in [0.29, 0.717) is 16.6 Å². The molecule has 1 heterocycles. The van der Waals surface area contributed by atoms with Gasteiger partial charge in [-0.25, -0.2) is 0 Å². The SMILES string of the molecule is COc1cc(C(=O)NCC(=O)NCc2n[nH]c(=S)n2C2CC2)ccc1OC(F)F. The molecule has 1 aromatic carbocycles. The Morgan fingerprint density at radius 3 is 2.76 bits per heavy atom. The lowest BCUT2D eigenvalue weighted by Crippen LogP contribution is -2.37. The third-order valence-corrected chi connectivity index (χ3v) is 4.47. The molecule has 0 atom stereocenters. The fourth-order valence-electron chi connectivity index (χ4n) is 2.68. The van der Waals surface area contributed by atoms with Gasteiger partial charge in [0.15, 0.2) is 22.1 Å². The summed E-state index contributed by atoms with van der Waals surface area (Å²) in [6.45, 7) is -3.12. The van der Waals surface area contributed by atoms with Crippen LogP contribution in [0.2, 0.25) is 0 Å². The first-order valence-electron chi connectivity index (χ1n) is 8.72. The van der Waals surface area contributed by atoms with Crippen LogP contribution in [0.15, 0.2) is 18.2 Å². The first kappa shape index (κ1) is 20.7. The van der Waals surface area contributed by atoms with Crippen LogP contribution in [0.4, 0.5) is 8.78 Å². The minimum atomic E-state index is -3.02. The number of hydrogen-bond acceptors (Lipinski definition) is 6. The Morgan fingerprint density at radius 1 is 1.34 bits per heavy atom. The normalized spacial score (nSPS) is 13.2. The summed E-state index contributed by atoms with van der Waals surface area (Å²) in [5, 5.41) is 11.9. The van der Waals surface area contributed by atoms with Gasteiger partial charge >= 0.3 is 6.61 Å². The number of carbonyl (C=O) groups is 2. The van der Waals surface area contributed by atoms with Crippen molar-refractivity contribution in [3.8, 4) is 11.5 Å². The van der Waals surface area contributed by atoms with Crippen molar-refractivity contribution in [1.29, 1.82) is 0 Å². The van der Waals surface area contributed by atoms with Crippen molar-refractivity contribution in [2.45, 2.75) is 32.0 Å². The van der Waals surface area contributed by atoms with E-state index in [4.69, 9.17) is 17.0 Å². The Kier molecular flexibility index (Phi) is 6.42. The Hall–Kier alpha value is -3.02. The third kappa shape index (κ3) is 5.28. The highest BCUT2D eigenvalue weighted by atomic mass is 32.1. The van der Waals surface area contributed by atoms with Crippen LogP contribution in [0.3, 0.4) is 0 Å². The summed E-state index contributed by atoms with van der Waals surface area (Å²) in [5.74, 6) is -0.579. The van der Waals surface area contributed by atoms with E-state index in [1.807, 2.05) is 4.57 Å². The van der Waals surface area contributed by atoms with Gasteiger partial charge in [0.1, 0.15) is 0 Å². The van der Waals surface area contributed by atoms with Crippen LogP contribution >= 0.6 is 12.2 Å². The van der Waals surface area contributed by atoms with E-state index in [2.05, 4.69) is 25.6 Å². The zero-order valence-electron chi connectivity index (χ0n) is 15.4. The predicted octanol–water partition coefficient (Wildman–Crippen LogP) is 1.93. The molecule has 29 heavy (non-hydrogen) atoms. The van der Waals surface area contributed by atoms with Crippen LogP contribution in [-0.2, 0) is 11.3 Å². The van der Waals surface area contributed by atoms with E-state index >= 15 is 0 Å². The molecule has 0 saturated heterocycles. The van der Waals surface area contributed by atoms with Crippen molar-refractivity contribution in [3.05, 3.63) is 34.4 Å². The number of aromatic amines is 1. The number of H-pyrrole nitrogens is 1. The summed E-state index contributed by atoms with van der Waals surface area (Å²) < 4.78 is 36.4. The first-order valence-corrected chi connectivity index (χ1v) is 9.13. The van der Waals surface area contributed by atoms with Crippen LogP contribution in [0.5, 0.6) is 11.5 Å². The van der Waals surface area contributed by atoms with Gasteiger partial charge in [0.2, 0.25) is 5.91 Å². The number of amides is 2. The molecule has 2 aromatic rings. The molecule has 9 nitrogen and oxygen atoms in total. The number of benzene rings is 1. The van der Waals surface area contributed by atoms with E-state index in [1.165, 1.54) is 25.3 Å². The number of halogens is 2. The second kappa shape index (κ2) is 8.99. The lowest BCUT2D eigenvalue weighted by Gasteiger charge is -2.11. The summed E-state index contributed by atoms with van der Waals surface area (Å²) in [6, 6.07) is 4.06. The smallest absolute Gasteiger partial charge is 0.387 e. The maximum absolute atomic E-state index is 12.4. The van der Waals surface area contributed by atoms with Crippen molar-refractivity contribution < 1.29 is 27.8 Å². The number of carbonyl (C=O) groups excluding carboxylic acids is 2. The molecule has 1 aliphatic rings.